The molecule has 3 nitrogen and oxygen atoms in total. The molecule has 0 aromatic carbocycles. The van der Waals surface area contributed by atoms with Crippen molar-refractivity contribution in [3.8, 4) is 0 Å². The van der Waals surface area contributed by atoms with E-state index in [-0.39, 0.29) is 12.8 Å². The van der Waals surface area contributed by atoms with E-state index in [1.165, 1.54) is 0 Å². The lowest BCUT2D eigenvalue weighted by Crippen LogP contribution is -2.52. The van der Waals surface area contributed by atoms with Gasteiger partial charge in [-0.05, 0) is 25.2 Å². The normalized spacial score (nSPS) is 33.5. The monoisotopic (exact) mass is 264 g/mol. The minimum Gasteiger partial charge on any atom is -0.390 e. The van der Waals surface area contributed by atoms with Crippen molar-refractivity contribution in [1.29, 1.82) is 0 Å². The van der Waals surface area contributed by atoms with Crippen molar-refractivity contribution < 1.29 is 37.3 Å². The van der Waals surface area contributed by atoms with Crippen LogP contribution in [0.2, 0.25) is 0 Å². The Morgan fingerprint density at radius 3 is 1.88 bits per heavy atom. The molecule has 17 heavy (non-hydrogen) atoms. The van der Waals surface area contributed by atoms with E-state index in [0.29, 0.717) is 0 Å². The van der Waals surface area contributed by atoms with Crippen molar-refractivity contribution >= 4 is 0 Å². The van der Waals surface area contributed by atoms with Gasteiger partial charge in [0, 0.05) is 0 Å². The van der Waals surface area contributed by atoms with Gasteiger partial charge in [0.25, 0.3) is 0 Å². The summed E-state index contributed by atoms with van der Waals surface area (Å²) < 4.78 is 61.6. The van der Waals surface area contributed by atoms with E-state index in [1.54, 1.807) is 0 Å². The standard InChI is InChI=1S/C9H13F5O3/c10-8(11,9(12,13)14)7(17)4-1-2-5(15)6(16)3-4/h4-7,15-17H,1-3H2. The Balaban J connectivity index is 2.74. The van der Waals surface area contributed by atoms with E-state index in [1.807, 2.05) is 0 Å². The van der Waals surface area contributed by atoms with E-state index in [9.17, 15) is 27.1 Å². The molecule has 0 radical (unpaired) electrons. The van der Waals surface area contributed by atoms with Crippen LogP contribution in [0.4, 0.5) is 22.0 Å². The van der Waals surface area contributed by atoms with Crippen molar-refractivity contribution in [2.75, 3.05) is 0 Å². The maximum atomic E-state index is 12.8. The number of hydrogen-bond acceptors (Lipinski definition) is 3. The average molecular weight is 264 g/mol. The molecular formula is C9H13F5O3. The first-order valence-corrected chi connectivity index (χ1v) is 5.06. The van der Waals surface area contributed by atoms with Crippen LogP contribution in [0, 0.1) is 5.92 Å². The molecule has 0 heterocycles. The molecule has 0 aromatic heterocycles. The van der Waals surface area contributed by atoms with Crippen LogP contribution >= 0.6 is 0 Å². The first-order valence-electron chi connectivity index (χ1n) is 5.06. The molecule has 0 saturated heterocycles. The fourth-order valence-electron chi connectivity index (χ4n) is 1.91. The summed E-state index contributed by atoms with van der Waals surface area (Å²) in [5.74, 6) is -6.59. The largest absolute Gasteiger partial charge is 0.456 e. The third-order valence-corrected chi connectivity index (χ3v) is 3.02. The molecule has 3 N–H and O–H groups in total. The first-order chi connectivity index (χ1) is 7.57. The number of aliphatic hydroxyl groups excluding tert-OH is 3. The molecule has 1 fully saturated rings. The average Bonchev–Trinajstić information content (AvgIpc) is 2.19. The lowest BCUT2D eigenvalue weighted by atomic mass is 9.80. The van der Waals surface area contributed by atoms with Crippen LogP contribution in [-0.2, 0) is 0 Å². The van der Waals surface area contributed by atoms with Crippen LogP contribution in [0.15, 0.2) is 0 Å². The second-order valence-corrected chi connectivity index (χ2v) is 4.27. The fourth-order valence-corrected chi connectivity index (χ4v) is 1.91. The number of aliphatic hydroxyl groups is 3. The van der Waals surface area contributed by atoms with Crippen molar-refractivity contribution in [1.82, 2.24) is 0 Å². The third-order valence-electron chi connectivity index (χ3n) is 3.02. The van der Waals surface area contributed by atoms with Gasteiger partial charge in [-0.2, -0.15) is 22.0 Å². The summed E-state index contributed by atoms with van der Waals surface area (Å²) in [6.45, 7) is 0. The Morgan fingerprint density at radius 1 is 0.941 bits per heavy atom. The highest BCUT2D eigenvalue weighted by atomic mass is 19.4. The van der Waals surface area contributed by atoms with Crippen molar-refractivity contribution in [2.45, 2.75) is 49.7 Å². The van der Waals surface area contributed by atoms with Crippen LogP contribution < -0.4 is 0 Å². The summed E-state index contributed by atoms with van der Waals surface area (Å²) in [7, 11) is 0. The molecule has 0 spiro atoms. The second-order valence-electron chi connectivity index (χ2n) is 4.27. The van der Waals surface area contributed by atoms with E-state index >= 15 is 0 Å². The van der Waals surface area contributed by atoms with Crippen LogP contribution in [-0.4, -0.2) is 45.7 Å². The van der Waals surface area contributed by atoms with E-state index in [2.05, 4.69) is 0 Å². The first kappa shape index (κ1) is 14.6. The quantitative estimate of drug-likeness (QED) is 0.654. The summed E-state index contributed by atoms with van der Waals surface area (Å²) in [5, 5.41) is 27.4. The second kappa shape index (κ2) is 4.66. The molecule has 0 amide bonds. The Kier molecular flexibility index (Phi) is 4.00. The molecule has 0 aliphatic heterocycles. The van der Waals surface area contributed by atoms with Crippen LogP contribution in [0.25, 0.3) is 0 Å². The molecule has 1 saturated carbocycles. The summed E-state index contributed by atoms with van der Waals surface area (Å²) in [6.07, 6.45) is -12.0. The molecule has 102 valence electrons. The molecule has 8 heteroatoms. The smallest absolute Gasteiger partial charge is 0.390 e. The van der Waals surface area contributed by atoms with Gasteiger partial charge < -0.3 is 15.3 Å². The molecule has 0 bridgehead atoms. The van der Waals surface area contributed by atoms with Gasteiger partial charge in [-0.25, -0.2) is 0 Å². The molecule has 4 unspecified atom stereocenters. The van der Waals surface area contributed by atoms with Gasteiger partial charge in [0.15, 0.2) is 0 Å². The van der Waals surface area contributed by atoms with E-state index in [0.717, 1.165) is 0 Å². The zero-order valence-corrected chi connectivity index (χ0v) is 8.66. The Bertz CT molecular complexity index is 268. The molecular weight excluding hydrogens is 251 g/mol. The molecule has 1 aliphatic rings. The highest BCUT2D eigenvalue weighted by molar-refractivity contribution is 4.92. The van der Waals surface area contributed by atoms with Crippen molar-refractivity contribution in [2.24, 2.45) is 5.92 Å². The molecule has 0 aromatic rings. The molecule has 1 rings (SSSR count). The predicted molar refractivity (Wildman–Crippen MR) is 46.4 cm³/mol. The highest BCUT2D eigenvalue weighted by Crippen LogP contribution is 2.43. The van der Waals surface area contributed by atoms with Crippen molar-refractivity contribution in [3.05, 3.63) is 0 Å². The highest BCUT2D eigenvalue weighted by Gasteiger charge is 2.64. The predicted octanol–water partition coefficient (Wildman–Crippen LogP) is 1.07. The summed E-state index contributed by atoms with van der Waals surface area (Å²) in [6, 6.07) is 0. The number of rotatable bonds is 2. The minimum atomic E-state index is -5.83. The zero-order valence-electron chi connectivity index (χ0n) is 8.66. The van der Waals surface area contributed by atoms with Gasteiger partial charge in [-0.3, -0.25) is 0 Å². The zero-order chi connectivity index (χ0) is 13.4. The van der Waals surface area contributed by atoms with Crippen LogP contribution in [0.5, 0.6) is 0 Å². The maximum Gasteiger partial charge on any atom is 0.456 e. The lowest BCUT2D eigenvalue weighted by molar-refractivity contribution is -0.321. The van der Waals surface area contributed by atoms with Crippen LogP contribution in [0.3, 0.4) is 0 Å². The Labute approximate surface area is 93.9 Å². The third kappa shape index (κ3) is 2.86. The summed E-state index contributed by atoms with van der Waals surface area (Å²) in [4.78, 5) is 0. The minimum absolute atomic E-state index is 0.114. The SMILES string of the molecule is OC1CCC(C(O)C(F)(F)C(F)(F)F)CC1O. The number of halogens is 5. The number of alkyl halides is 5. The Hall–Kier alpha value is -0.470. The van der Waals surface area contributed by atoms with Gasteiger partial charge in [0.1, 0.15) is 6.10 Å². The van der Waals surface area contributed by atoms with Crippen LogP contribution in [0.1, 0.15) is 19.3 Å². The van der Waals surface area contributed by atoms with Gasteiger partial charge in [0.05, 0.1) is 12.2 Å². The van der Waals surface area contributed by atoms with Gasteiger partial charge in [-0.15, -0.1) is 0 Å². The van der Waals surface area contributed by atoms with Gasteiger partial charge >= 0.3 is 12.1 Å². The van der Waals surface area contributed by atoms with Gasteiger partial charge in [0.2, 0.25) is 0 Å². The summed E-state index contributed by atoms with van der Waals surface area (Å²) in [5.41, 5.74) is 0. The van der Waals surface area contributed by atoms with Crippen molar-refractivity contribution in [3.63, 3.8) is 0 Å². The number of hydrogen-bond donors (Lipinski definition) is 3. The van der Waals surface area contributed by atoms with E-state index < -0.39 is 42.7 Å². The molecule has 1 aliphatic carbocycles. The fraction of sp³-hybridized carbons (Fsp3) is 1.00. The Morgan fingerprint density at radius 2 is 1.47 bits per heavy atom. The van der Waals surface area contributed by atoms with Gasteiger partial charge in [-0.1, -0.05) is 0 Å². The summed E-state index contributed by atoms with van der Waals surface area (Å²) >= 11 is 0. The maximum absolute atomic E-state index is 12.8. The topological polar surface area (TPSA) is 60.7 Å². The molecule has 4 atom stereocenters. The van der Waals surface area contributed by atoms with E-state index in [4.69, 9.17) is 10.2 Å². The lowest BCUT2D eigenvalue weighted by Gasteiger charge is -2.36.